The monoisotopic (exact) mass is 741 g/mol. The van der Waals surface area contributed by atoms with Gasteiger partial charge in [0.05, 0.1) is 27.7 Å². The number of unbranched alkanes of at least 4 members (excludes halogenated alkanes) is 14. The summed E-state index contributed by atoms with van der Waals surface area (Å²) in [4.78, 5) is 49.1. The Morgan fingerprint density at radius 3 is 1.82 bits per heavy atom. The highest BCUT2D eigenvalue weighted by Crippen LogP contribution is 2.38. The lowest BCUT2D eigenvalue weighted by atomic mass is 10.1. The van der Waals surface area contributed by atoms with Crippen LogP contribution in [0.15, 0.2) is 36.5 Å². The number of quaternary nitrogens is 1. The summed E-state index contributed by atoms with van der Waals surface area (Å²) in [5, 5.41) is 0. The molecule has 0 aromatic rings. The predicted molar refractivity (Wildman–Crippen MR) is 204 cm³/mol. The molecule has 0 N–H and O–H groups in total. The SMILES string of the molecule is CCCC/C=C\CCCCCCCC(=O)OC[C@H](COP(=O)([O-])OCC[N+](C)(C)C)OC(=O)CCCCCCC/C=C\C=C\C(=O)CCCCC. The van der Waals surface area contributed by atoms with Crippen LogP contribution in [0.1, 0.15) is 149 Å². The molecule has 51 heavy (non-hydrogen) atoms. The molecule has 0 saturated carbocycles. The summed E-state index contributed by atoms with van der Waals surface area (Å²) in [5.41, 5.74) is 0. The summed E-state index contributed by atoms with van der Waals surface area (Å²) >= 11 is 0. The highest BCUT2D eigenvalue weighted by molar-refractivity contribution is 7.45. The molecular weight excluding hydrogens is 669 g/mol. The Morgan fingerprint density at radius 2 is 1.20 bits per heavy atom. The van der Waals surface area contributed by atoms with Gasteiger partial charge in [0, 0.05) is 19.3 Å². The van der Waals surface area contributed by atoms with Crippen molar-refractivity contribution in [3.05, 3.63) is 36.5 Å². The average molecular weight is 742 g/mol. The third-order valence-electron chi connectivity index (χ3n) is 8.11. The maximum absolute atomic E-state index is 12.6. The average Bonchev–Trinajstić information content (AvgIpc) is 3.06. The molecule has 0 aliphatic rings. The molecule has 1 unspecified atom stereocenters. The lowest BCUT2D eigenvalue weighted by molar-refractivity contribution is -0.870. The first kappa shape index (κ1) is 48.9. The van der Waals surface area contributed by atoms with Gasteiger partial charge in [-0.05, 0) is 57.4 Å². The molecule has 296 valence electrons. The lowest BCUT2D eigenvalue weighted by Gasteiger charge is -2.28. The van der Waals surface area contributed by atoms with E-state index in [0.29, 0.717) is 30.3 Å². The Labute approximate surface area is 310 Å². The molecule has 2 atom stereocenters. The number of likely N-dealkylation sites (N-methyl/N-ethyl adjacent to an activating group) is 1. The van der Waals surface area contributed by atoms with E-state index in [-0.39, 0.29) is 31.8 Å². The van der Waals surface area contributed by atoms with Gasteiger partial charge in [0.25, 0.3) is 7.82 Å². The molecule has 0 radical (unpaired) electrons. The molecule has 0 aromatic carbocycles. The van der Waals surface area contributed by atoms with E-state index in [4.69, 9.17) is 18.5 Å². The maximum atomic E-state index is 12.6. The number of ketones is 1. The Morgan fingerprint density at radius 1 is 0.647 bits per heavy atom. The topological polar surface area (TPSA) is 128 Å². The quantitative estimate of drug-likeness (QED) is 0.0119. The number of nitrogens with zero attached hydrogens (tertiary/aromatic N) is 1. The molecule has 10 nitrogen and oxygen atoms in total. The summed E-state index contributed by atoms with van der Waals surface area (Å²) in [6.45, 7) is 3.94. The van der Waals surface area contributed by atoms with Crippen LogP contribution in [0, 0.1) is 0 Å². The van der Waals surface area contributed by atoms with Gasteiger partial charge in [0.2, 0.25) is 0 Å². The highest BCUT2D eigenvalue weighted by Gasteiger charge is 2.21. The number of allylic oxidation sites excluding steroid dienone is 6. The zero-order chi connectivity index (χ0) is 38.1. The molecule has 0 fully saturated rings. The number of hydrogen-bond donors (Lipinski definition) is 0. The minimum absolute atomic E-state index is 0.0487. The normalized spacial score (nSPS) is 14.0. The Balaban J connectivity index is 4.51. The predicted octanol–water partition coefficient (Wildman–Crippen LogP) is 9.12. The third kappa shape index (κ3) is 36.1. The van der Waals surface area contributed by atoms with Crippen LogP contribution in [-0.4, -0.2) is 75.8 Å². The molecule has 11 heteroatoms. The molecule has 0 heterocycles. The van der Waals surface area contributed by atoms with Crippen LogP contribution < -0.4 is 4.89 Å². The van der Waals surface area contributed by atoms with Gasteiger partial charge >= 0.3 is 11.9 Å². The molecule has 0 rings (SSSR count). The van der Waals surface area contributed by atoms with Crippen molar-refractivity contribution in [2.75, 3.05) is 47.5 Å². The lowest BCUT2D eigenvalue weighted by Crippen LogP contribution is -2.37. The highest BCUT2D eigenvalue weighted by atomic mass is 31.2. The van der Waals surface area contributed by atoms with Gasteiger partial charge < -0.3 is 27.9 Å². The van der Waals surface area contributed by atoms with Gasteiger partial charge in [0.15, 0.2) is 11.9 Å². The van der Waals surface area contributed by atoms with Gasteiger partial charge in [-0.1, -0.05) is 108 Å². The largest absolute Gasteiger partial charge is 0.756 e. The van der Waals surface area contributed by atoms with Crippen molar-refractivity contribution < 1.29 is 46.8 Å². The number of ether oxygens (including phenoxy) is 2. The number of esters is 2. The van der Waals surface area contributed by atoms with Crippen LogP contribution in [0.3, 0.4) is 0 Å². The third-order valence-corrected chi connectivity index (χ3v) is 9.07. The van der Waals surface area contributed by atoms with E-state index < -0.39 is 32.5 Å². The van der Waals surface area contributed by atoms with E-state index in [2.05, 4.69) is 32.1 Å². The first-order valence-electron chi connectivity index (χ1n) is 19.6. The number of phosphoric ester groups is 1. The van der Waals surface area contributed by atoms with Gasteiger partial charge in [0.1, 0.15) is 19.8 Å². The summed E-state index contributed by atoms with van der Waals surface area (Å²) < 4.78 is 33.7. The molecule has 0 aliphatic carbocycles. The number of carbonyl (C=O) groups is 3. The van der Waals surface area contributed by atoms with Crippen LogP contribution in [-0.2, 0) is 37.5 Å². The first-order valence-corrected chi connectivity index (χ1v) is 21.1. The minimum atomic E-state index is -4.64. The summed E-state index contributed by atoms with van der Waals surface area (Å²) in [6, 6.07) is 0. The van der Waals surface area contributed by atoms with Crippen molar-refractivity contribution in [2.24, 2.45) is 0 Å². The van der Waals surface area contributed by atoms with Gasteiger partial charge in [-0.25, -0.2) is 0 Å². The number of hydrogen-bond acceptors (Lipinski definition) is 9. The van der Waals surface area contributed by atoms with Crippen LogP contribution in [0.4, 0.5) is 0 Å². The second kappa shape index (κ2) is 32.5. The molecule has 0 aliphatic heterocycles. The molecule has 0 aromatic heterocycles. The summed E-state index contributed by atoms with van der Waals surface area (Å²) in [5.74, 6) is -0.739. The number of carbonyl (C=O) groups excluding carboxylic acids is 3. The van der Waals surface area contributed by atoms with Crippen LogP contribution >= 0.6 is 7.82 Å². The number of rotatable bonds is 35. The minimum Gasteiger partial charge on any atom is -0.756 e. The van der Waals surface area contributed by atoms with E-state index in [0.717, 1.165) is 89.9 Å². The molecule has 0 spiro atoms. The Hall–Kier alpha value is -2.10. The first-order chi connectivity index (χ1) is 24.4. The fourth-order valence-corrected chi connectivity index (χ4v) is 5.64. The zero-order valence-electron chi connectivity index (χ0n) is 32.8. The van der Waals surface area contributed by atoms with Crippen molar-refractivity contribution >= 4 is 25.5 Å². The van der Waals surface area contributed by atoms with E-state index in [1.165, 1.54) is 12.8 Å². The second-order valence-electron chi connectivity index (χ2n) is 14.3. The van der Waals surface area contributed by atoms with Crippen molar-refractivity contribution in [3.63, 3.8) is 0 Å². The van der Waals surface area contributed by atoms with Gasteiger partial charge in [-0.2, -0.15) is 0 Å². The Kier molecular flexibility index (Phi) is 31.2. The van der Waals surface area contributed by atoms with Crippen LogP contribution in [0.2, 0.25) is 0 Å². The smallest absolute Gasteiger partial charge is 0.306 e. The van der Waals surface area contributed by atoms with Crippen LogP contribution in [0.5, 0.6) is 0 Å². The van der Waals surface area contributed by atoms with Crippen molar-refractivity contribution in [1.29, 1.82) is 0 Å². The standard InChI is InChI=1S/C40H72NO9P/c1-6-8-10-11-12-13-14-17-20-23-27-31-39(43)47-35-38(36-49-51(45,46)48-34-33-41(3,4)5)50-40(44)32-28-24-21-18-15-16-19-22-26-30-37(42)29-25-9-7-2/h11-12,19,22,26,30,38H,6-10,13-18,20-21,23-25,27-29,31-36H2,1-5H3/b12-11-,22-19-,30-26+/t38-/m1/s1. The Bertz CT molecular complexity index is 1040. The van der Waals surface area contributed by atoms with Crippen molar-refractivity contribution in [3.8, 4) is 0 Å². The van der Waals surface area contributed by atoms with E-state index in [1.54, 1.807) is 6.08 Å². The maximum Gasteiger partial charge on any atom is 0.306 e. The second-order valence-corrected chi connectivity index (χ2v) is 15.7. The molecule has 0 amide bonds. The van der Waals surface area contributed by atoms with E-state index in [9.17, 15) is 23.8 Å². The van der Waals surface area contributed by atoms with Crippen molar-refractivity contribution in [1.82, 2.24) is 0 Å². The van der Waals surface area contributed by atoms with E-state index >= 15 is 0 Å². The van der Waals surface area contributed by atoms with Crippen LogP contribution in [0.25, 0.3) is 0 Å². The molecule has 0 bridgehead atoms. The van der Waals surface area contributed by atoms with E-state index in [1.807, 2.05) is 33.3 Å². The van der Waals surface area contributed by atoms with Crippen molar-refractivity contribution in [2.45, 2.75) is 155 Å². The fourth-order valence-electron chi connectivity index (χ4n) is 4.91. The van der Waals surface area contributed by atoms with Gasteiger partial charge in [-0.3, -0.25) is 18.9 Å². The number of phosphoric acid groups is 1. The molecular formula is C40H72NO9P. The fraction of sp³-hybridized carbons (Fsp3) is 0.775. The zero-order valence-corrected chi connectivity index (χ0v) is 33.7. The summed E-state index contributed by atoms with van der Waals surface area (Å²) in [6.07, 6.45) is 30.1. The molecule has 0 saturated heterocycles. The summed E-state index contributed by atoms with van der Waals surface area (Å²) in [7, 11) is 1.10. The van der Waals surface area contributed by atoms with Gasteiger partial charge in [-0.15, -0.1) is 0 Å².